The highest BCUT2D eigenvalue weighted by Crippen LogP contribution is 2.29. The Morgan fingerprint density at radius 2 is 1.75 bits per heavy atom. The van der Waals surface area contributed by atoms with Crippen molar-refractivity contribution in [1.82, 2.24) is 4.98 Å². The van der Waals surface area contributed by atoms with Crippen LogP contribution in [0.15, 0.2) is 42.5 Å². The van der Waals surface area contributed by atoms with Crippen LogP contribution in [0, 0.1) is 0 Å². The minimum atomic E-state index is 0.0526. The van der Waals surface area contributed by atoms with Gasteiger partial charge in [-0.3, -0.25) is 0 Å². The summed E-state index contributed by atoms with van der Waals surface area (Å²) in [5, 5.41) is 2.52. The van der Waals surface area contributed by atoms with E-state index in [1.807, 2.05) is 13.0 Å². The Morgan fingerprint density at radius 3 is 2.56 bits per heavy atom. The van der Waals surface area contributed by atoms with Gasteiger partial charge in [-0.05, 0) is 18.6 Å². The summed E-state index contributed by atoms with van der Waals surface area (Å²) >= 11 is 0. The molecule has 0 saturated carbocycles. The lowest BCUT2D eigenvalue weighted by atomic mass is 10.0. The van der Waals surface area contributed by atoms with E-state index in [0.29, 0.717) is 0 Å². The van der Waals surface area contributed by atoms with Crippen molar-refractivity contribution in [3.63, 3.8) is 0 Å². The van der Waals surface area contributed by atoms with Crippen molar-refractivity contribution in [2.24, 2.45) is 5.73 Å². The summed E-state index contributed by atoms with van der Waals surface area (Å²) in [6.07, 6.45) is 0. The molecule has 2 nitrogen and oxygen atoms in total. The second-order valence-electron chi connectivity index (χ2n) is 4.23. The van der Waals surface area contributed by atoms with Gasteiger partial charge in [0, 0.05) is 22.3 Å². The third-order valence-corrected chi connectivity index (χ3v) is 3.06. The topological polar surface area (TPSA) is 41.8 Å². The molecule has 1 heterocycles. The van der Waals surface area contributed by atoms with E-state index in [-0.39, 0.29) is 6.04 Å². The number of rotatable bonds is 1. The third-order valence-electron chi connectivity index (χ3n) is 3.06. The van der Waals surface area contributed by atoms with Crippen molar-refractivity contribution in [3.05, 3.63) is 48.0 Å². The van der Waals surface area contributed by atoms with Gasteiger partial charge in [-0.25, -0.2) is 0 Å². The zero-order valence-electron chi connectivity index (χ0n) is 9.20. The van der Waals surface area contributed by atoms with Gasteiger partial charge in [-0.1, -0.05) is 36.4 Å². The predicted octanol–water partition coefficient (Wildman–Crippen LogP) is 3.34. The van der Waals surface area contributed by atoms with Crippen molar-refractivity contribution in [1.29, 1.82) is 0 Å². The van der Waals surface area contributed by atoms with E-state index in [9.17, 15) is 0 Å². The van der Waals surface area contributed by atoms with Crippen molar-refractivity contribution in [3.8, 4) is 0 Å². The Labute approximate surface area is 94.1 Å². The standard InChI is InChI=1S/C14H14N2/c1-9(15)10-6-4-7-12-11-5-2-3-8-13(11)16-14(10)12/h2-9,16H,15H2,1H3. The highest BCUT2D eigenvalue weighted by Gasteiger charge is 2.09. The number of aromatic amines is 1. The second-order valence-corrected chi connectivity index (χ2v) is 4.23. The molecule has 3 rings (SSSR count). The van der Waals surface area contributed by atoms with Crippen molar-refractivity contribution < 1.29 is 0 Å². The summed E-state index contributed by atoms with van der Waals surface area (Å²) in [5.74, 6) is 0. The molecule has 0 bridgehead atoms. The fraction of sp³-hybridized carbons (Fsp3) is 0.143. The van der Waals surface area contributed by atoms with Crippen LogP contribution in [0.4, 0.5) is 0 Å². The first-order valence-electron chi connectivity index (χ1n) is 5.52. The molecule has 0 fully saturated rings. The molecular weight excluding hydrogens is 196 g/mol. The van der Waals surface area contributed by atoms with Gasteiger partial charge in [0.15, 0.2) is 0 Å². The maximum atomic E-state index is 5.98. The van der Waals surface area contributed by atoms with Crippen LogP contribution >= 0.6 is 0 Å². The third kappa shape index (κ3) is 1.24. The Balaban J connectivity index is 2.49. The molecule has 1 atom stereocenters. The molecule has 1 unspecified atom stereocenters. The molecule has 0 aliphatic rings. The molecule has 0 amide bonds. The molecule has 16 heavy (non-hydrogen) atoms. The van der Waals surface area contributed by atoms with Gasteiger partial charge in [0.2, 0.25) is 0 Å². The lowest BCUT2D eigenvalue weighted by Gasteiger charge is -2.06. The average molecular weight is 210 g/mol. The zero-order valence-corrected chi connectivity index (χ0v) is 9.20. The first-order valence-corrected chi connectivity index (χ1v) is 5.52. The van der Waals surface area contributed by atoms with E-state index in [2.05, 4.69) is 41.4 Å². The van der Waals surface area contributed by atoms with Gasteiger partial charge in [-0.15, -0.1) is 0 Å². The number of nitrogens with two attached hydrogens (primary N) is 1. The minimum Gasteiger partial charge on any atom is -0.354 e. The molecule has 2 heteroatoms. The maximum absolute atomic E-state index is 5.98. The minimum absolute atomic E-state index is 0.0526. The smallest absolute Gasteiger partial charge is 0.0513 e. The quantitative estimate of drug-likeness (QED) is 0.635. The summed E-state index contributed by atoms with van der Waals surface area (Å²) < 4.78 is 0. The van der Waals surface area contributed by atoms with Crippen LogP contribution in [0.1, 0.15) is 18.5 Å². The van der Waals surface area contributed by atoms with E-state index >= 15 is 0 Å². The first-order chi connectivity index (χ1) is 7.77. The van der Waals surface area contributed by atoms with Crippen LogP contribution in [0.25, 0.3) is 21.8 Å². The molecule has 0 aliphatic heterocycles. The molecule has 0 spiro atoms. The Kier molecular flexibility index (Phi) is 1.98. The normalized spacial score (nSPS) is 13.4. The maximum Gasteiger partial charge on any atom is 0.0513 e. The molecule has 3 N–H and O–H groups in total. The number of H-pyrrole nitrogens is 1. The average Bonchev–Trinajstić information content (AvgIpc) is 2.67. The van der Waals surface area contributed by atoms with Gasteiger partial charge < -0.3 is 10.7 Å². The number of nitrogens with one attached hydrogen (secondary N) is 1. The van der Waals surface area contributed by atoms with E-state index in [0.717, 1.165) is 0 Å². The molecule has 0 saturated heterocycles. The van der Waals surface area contributed by atoms with E-state index in [1.165, 1.54) is 27.4 Å². The molecule has 0 aliphatic carbocycles. The van der Waals surface area contributed by atoms with Gasteiger partial charge in [0.25, 0.3) is 0 Å². The van der Waals surface area contributed by atoms with E-state index in [4.69, 9.17) is 5.73 Å². The van der Waals surface area contributed by atoms with Crippen LogP contribution < -0.4 is 5.73 Å². The Hall–Kier alpha value is -1.80. The largest absolute Gasteiger partial charge is 0.354 e. The van der Waals surface area contributed by atoms with Crippen LogP contribution in [0.5, 0.6) is 0 Å². The summed E-state index contributed by atoms with van der Waals surface area (Å²) in [6.45, 7) is 2.01. The fourth-order valence-electron chi connectivity index (χ4n) is 2.28. The van der Waals surface area contributed by atoms with Crippen LogP contribution in [0.2, 0.25) is 0 Å². The molecular formula is C14H14N2. The lowest BCUT2D eigenvalue weighted by Crippen LogP contribution is -2.05. The van der Waals surface area contributed by atoms with E-state index < -0.39 is 0 Å². The van der Waals surface area contributed by atoms with Crippen molar-refractivity contribution in [2.75, 3.05) is 0 Å². The van der Waals surface area contributed by atoms with E-state index in [1.54, 1.807) is 0 Å². The summed E-state index contributed by atoms with van der Waals surface area (Å²) in [5.41, 5.74) is 9.49. The monoisotopic (exact) mass is 210 g/mol. The molecule has 1 aromatic heterocycles. The number of fused-ring (bicyclic) bond motifs is 3. The van der Waals surface area contributed by atoms with Crippen LogP contribution in [0.3, 0.4) is 0 Å². The molecule has 0 radical (unpaired) electrons. The van der Waals surface area contributed by atoms with Gasteiger partial charge in [-0.2, -0.15) is 0 Å². The molecule has 2 aromatic carbocycles. The fourth-order valence-corrected chi connectivity index (χ4v) is 2.28. The summed E-state index contributed by atoms with van der Waals surface area (Å²) in [6, 6.07) is 14.7. The van der Waals surface area contributed by atoms with Gasteiger partial charge >= 0.3 is 0 Å². The van der Waals surface area contributed by atoms with Gasteiger partial charge in [0.1, 0.15) is 0 Å². The molecule has 3 aromatic rings. The Morgan fingerprint density at radius 1 is 1.00 bits per heavy atom. The second kappa shape index (κ2) is 3.35. The van der Waals surface area contributed by atoms with Crippen molar-refractivity contribution in [2.45, 2.75) is 13.0 Å². The number of hydrogen-bond donors (Lipinski definition) is 2. The number of benzene rings is 2. The van der Waals surface area contributed by atoms with Crippen LogP contribution in [-0.4, -0.2) is 4.98 Å². The SMILES string of the molecule is CC(N)c1cccc2c1[nH]c1ccccc12. The van der Waals surface area contributed by atoms with Crippen LogP contribution in [-0.2, 0) is 0 Å². The molecule has 80 valence electrons. The summed E-state index contributed by atoms with van der Waals surface area (Å²) in [7, 11) is 0. The Bertz CT molecular complexity index is 650. The number of hydrogen-bond acceptors (Lipinski definition) is 1. The number of aromatic nitrogens is 1. The first kappa shape index (κ1) is 9.43. The predicted molar refractivity (Wildman–Crippen MR) is 68.4 cm³/mol. The number of para-hydroxylation sites is 2. The highest BCUT2D eigenvalue weighted by molar-refractivity contribution is 6.08. The van der Waals surface area contributed by atoms with Crippen molar-refractivity contribution >= 4 is 21.8 Å². The lowest BCUT2D eigenvalue weighted by molar-refractivity contribution is 0.825. The zero-order chi connectivity index (χ0) is 11.1. The van der Waals surface area contributed by atoms with Gasteiger partial charge in [0.05, 0.1) is 5.52 Å². The summed E-state index contributed by atoms with van der Waals surface area (Å²) in [4.78, 5) is 3.45. The highest BCUT2D eigenvalue weighted by atomic mass is 14.7.